The molecule has 0 bridgehead atoms. The third-order valence-electron chi connectivity index (χ3n) is 4.29. The lowest BCUT2D eigenvalue weighted by Gasteiger charge is -2.06. The number of unbranched alkanes of at least 4 members (excludes halogenated alkanes) is 5. The molecule has 1 aromatic heterocycles. The Morgan fingerprint density at radius 2 is 1.42 bits per heavy atom. The summed E-state index contributed by atoms with van der Waals surface area (Å²) in [5, 5.41) is 11.8. The Morgan fingerprint density at radius 1 is 0.917 bits per heavy atom. The number of phenols is 1. The highest BCUT2D eigenvalue weighted by atomic mass is 35.5. The molecule has 0 atom stereocenters. The fourth-order valence-corrected chi connectivity index (χ4v) is 3.16. The predicted molar refractivity (Wildman–Crippen MR) is 166 cm³/mol. The van der Waals surface area contributed by atoms with E-state index in [0.717, 1.165) is 23.3 Å². The lowest BCUT2D eigenvalue weighted by atomic mass is 10.0. The van der Waals surface area contributed by atoms with Gasteiger partial charge in [0.1, 0.15) is 11.3 Å². The molecule has 202 valence electrons. The highest BCUT2D eigenvalue weighted by Crippen LogP contribution is 2.33. The number of pyridine rings is 1. The summed E-state index contributed by atoms with van der Waals surface area (Å²) < 4.78 is 0. The van der Waals surface area contributed by atoms with Crippen LogP contribution in [0.5, 0.6) is 5.75 Å². The fourth-order valence-electron chi connectivity index (χ4n) is 2.89. The largest absolute Gasteiger partial charge is 0.505 e. The molecule has 0 radical (unpaired) electrons. The van der Waals surface area contributed by atoms with Crippen LogP contribution in [0.2, 0.25) is 5.02 Å². The average molecular weight is 514 g/mol. The van der Waals surface area contributed by atoms with Gasteiger partial charge in [0.05, 0.1) is 5.02 Å². The summed E-state index contributed by atoms with van der Waals surface area (Å²) in [7, 11) is 0. The molecular formula is C33H52ClNO. The molecule has 0 amide bonds. The van der Waals surface area contributed by atoms with Crippen molar-refractivity contribution in [3.63, 3.8) is 0 Å². The van der Waals surface area contributed by atoms with E-state index in [1.54, 1.807) is 6.20 Å². The molecule has 1 N–H and O–H groups in total. The van der Waals surface area contributed by atoms with Crippen molar-refractivity contribution in [2.45, 2.75) is 100 Å². The molecule has 36 heavy (non-hydrogen) atoms. The van der Waals surface area contributed by atoms with E-state index in [2.05, 4.69) is 44.6 Å². The number of rotatable bonds is 9. The van der Waals surface area contributed by atoms with Crippen LogP contribution in [0.4, 0.5) is 0 Å². The Bertz CT molecular complexity index is 900. The topological polar surface area (TPSA) is 33.1 Å². The summed E-state index contributed by atoms with van der Waals surface area (Å²) in [5.74, 6) is 1.03. The minimum Gasteiger partial charge on any atom is -0.505 e. The molecule has 2 rings (SSSR count). The van der Waals surface area contributed by atoms with Crippen LogP contribution < -0.4 is 0 Å². The summed E-state index contributed by atoms with van der Waals surface area (Å²) in [6, 6.07) is 5.50. The molecule has 0 aliphatic heterocycles. The van der Waals surface area contributed by atoms with E-state index >= 15 is 0 Å². The number of nitrogens with zero attached hydrogens (tertiary/aromatic N) is 1. The van der Waals surface area contributed by atoms with Crippen LogP contribution in [0, 0.1) is 5.92 Å². The summed E-state index contributed by atoms with van der Waals surface area (Å²) in [6.07, 6.45) is 14.6. The second-order valence-electron chi connectivity index (χ2n) is 10.5. The smallest absolute Gasteiger partial charge is 0.149 e. The minimum atomic E-state index is 0.208. The van der Waals surface area contributed by atoms with E-state index in [1.807, 2.05) is 65.8 Å². The Morgan fingerprint density at radius 3 is 1.94 bits per heavy atom. The maximum absolute atomic E-state index is 10.3. The third kappa shape index (κ3) is 22.2. The van der Waals surface area contributed by atoms with Gasteiger partial charge in [0, 0.05) is 17.1 Å². The number of aromatic nitrogens is 1. The zero-order valence-corrected chi connectivity index (χ0v) is 25.1. The van der Waals surface area contributed by atoms with Crippen molar-refractivity contribution in [1.82, 2.24) is 4.98 Å². The Hall–Kier alpha value is -2.32. The van der Waals surface area contributed by atoms with Gasteiger partial charge in [0.25, 0.3) is 0 Å². The summed E-state index contributed by atoms with van der Waals surface area (Å²) in [6.45, 7) is 27.1. The number of hydrogen-bond acceptors (Lipinski definition) is 2. The Balaban J connectivity index is 0. The van der Waals surface area contributed by atoms with E-state index in [1.165, 1.54) is 55.2 Å². The zero-order chi connectivity index (χ0) is 28.1. The first-order chi connectivity index (χ1) is 16.8. The van der Waals surface area contributed by atoms with Crippen molar-refractivity contribution in [3.8, 4) is 5.75 Å². The second-order valence-corrected chi connectivity index (χ2v) is 10.9. The third-order valence-corrected chi connectivity index (χ3v) is 4.61. The Labute approximate surface area is 227 Å². The minimum absolute atomic E-state index is 0.208. The van der Waals surface area contributed by atoms with Gasteiger partial charge < -0.3 is 5.11 Å². The molecule has 0 fully saturated rings. The monoisotopic (exact) mass is 513 g/mol. The molecule has 0 aliphatic carbocycles. The van der Waals surface area contributed by atoms with Gasteiger partial charge >= 0.3 is 0 Å². The van der Waals surface area contributed by atoms with Crippen molar-refractivity contribution in [2.75, 3.05) is 0 Å². The highest BCUT2D eigenvalue weighted by Gasteiger charge is 2.09. The molecule has 0 saturated carbocycles. The molecule has 2 nitrogen and oxygen atoms in total. The number of allylic oxidation sites excluding steroid dienone is 4. The van der Waals surface area contributed by atoms with Gasteiger partial charge in [0.15, 0.2) is 0 Å². The molecule has 2 aromatic rings. The van der Waals surface area contributed by atoms with Crippen molar-refractivity contribution < 1.29 is 5.11 Å². The van der Waals surface area contributed by atoms with Crippen LogP contribution in [-0.4, -0.2) is 10.1 Å². The quantitative estimate of drug-likeness (QED) is 0.267. The summed E-state index contributed by atoms with van der Waals surface area (Å²) in [5.41, 5.74) is 4.80. The first-order valence-electron chi connectivity index (χ1n) is 13.1. The number of halogens is 1. The van der Waals surface area contributed by atoms with Crippen molar-refractivity contribution in [2.24, 2.45) is 5.92 Å². The number of benzene rings is 1. The van der Waals surface area contributed by atoms with Gasteiger partial charge in [-0.2, -0.15) is 0 Å². The second kappa shape index (κ2) is 21.9. The SMILES string of the molecule is C=C(C)C.C=C(C)C.C=C(C)C.CC(C)CCCCCCCC=Cc1cc(Cl)c2cccnc2c1O. The van der Waals surface area contributed by atoms with Gasteiger partial charge in [-0.15, -0.1) is 19.7 Å². The maximum atomic E-state index is 10.3. The van der Waals surface area contributed by atoms with Crippen molar-refractivity contribution in [3.05, 3.63) is 77.5 Å². The lowest BCUT2D eigenvalue weighted by molar-refractivity contribution is 0.479. The number of hydrogen-bond donors (Lipinski definition) is 1. The van der Waals surface area contributed by atoms with E-state index in [9.17, 15) is 5.11 Å². The van der Waals surface area contributed by atoms with E-state index in [-0.39, 0.29) is 5.75 Å². The standard InChI is InChI=1S/C21H28ClNO.3C4H8/c1-16(2)11-8-6-4-3-5-7-9-12-17-15-19(22)18-13-10-14-23-20(18)21(17)24;3*1-4(2)3/h9-10,12-16,24H,3-8,11H2,1-2H3;3*1H2,2-3H3. The van der Waals surface area contributed by atoms with Gasteiger partial charge in [0.2, 0.25) is 0 Å². The number of fused-ring (bicyclic) bond motifs is 1. The first kappa shape index (κ1) is 35.8. The van der Waals surface area contributed by atoms with E-state index < -0.39 is 0 Å². The summed E-state index contributed by atoms with van der Waals surface area (Å²) in [4.78, 5) is 4.23. The van der Waals surface area contributed by atoms with Crippen LogP contribution in [0.1, 0.15) is 106 Å². The maximum Gasteiger partial charge on any atom is 0.149 e. The predicted octanol–water partition coefficient (Wildman–Crippen LogP) is 11.7. The first-order valence-corrected chi connectivity index (χ1v) is 13.5. The number of phenolic OH excluding ortho intramolecular Hbond substituents is 1. The Kier molecular flexibility index (Phi) is 21.8. The summed E-state index contributed by atoms with van der Waals surface area (Å²) >= 11 is 6.28. The molecule has 0 unspecified atom stereocenters. The van der Waals surface area contributed by atoms with Gasteiger partial charge in [-0.1, -0.05) is 86.4 Å². The molecule has 1 aromatic carbocycles. The van der Waals surface area contributed by atoms with Gasteiger partial charge in [-0.05, 0) is 78.5 Å². The number of aromatic hydroxyl groups is 1. The van der Waals surface area contributed by atoms with Crippen LogP contribution in [0.25, 0.3) is 17.0 Å². The van der Waals surface area contributed by atoms with Crippen LogP contribution in [-0.2, 0) is 0 Å². The zero-order valence-electron chi connectivity index (χ0n) is 24.4. The van der Waals surface area contributed by atoms with Crippen LogP contribution in [0.3, 0.4) is 0 Å². The van der Waals surface area contributed by atoms with Gasteiger partial charge in [-0.3, -0.25) is 4.98 Å². The molecule has 1 heterocycles. The van der Waals surface area contributed by atoms with Gasteiger partial charge in [-0.25, -0.2) is 0 Å². The molecule has 0 saturated heterocycles. The normalized spacial score (nSPS) is 10.1. The average Bonchev–Trinajstić information content (AvgIpc) is 2.74. The van der Waals surface area contributed by atoms with E-state index in [4.69, 9.17) is 11.6 Å². The molecule has 3 heteroatoms. The molecular weight excluding hydrogens is 462 g/mol. The lowest BCUT2D eigenvalue weighted by Crippen LogP contribution is -1.87. The highest BCUT2D eigenvalue weighted by molar-refractivity contribution is 6.35. The molecule has 0 spiro atoms. The van der Waals surface area contributed by atoms with E-state index in [0.29, 0.717) is 10.5 Å². The molecule has 0 aliphatic rings. The van der Waals surface area contributed by atoms with Crippen molar-refractivity contribution >= 4 is 28.6 Å². The van der Waals surface area contributed by atoms with Crippen LogP contribution in [0.15, 0.2) is 66.9 Å². The van der Waals surface area contributed by atoms with Crippen molar-refractivity contribution in [1.29, 1.82) is 0 Å². The van der Waals surface area contributed by atoms with Crippen LogP contribution >= 0.6 is 11.6 Å². The fraction of sp³-hybridized carbons (Fsp3) is 0.485.